The number of hydrogen-bond acceptors (Lipinski definition) is 8. The second-order valence-electron chi connectivity index (χ2n) is 5.15. The molecule has 2 aromatic rings. The quantitative estimate of drug-likeness (QED) is 0.802. The van der Waals surface area contributed by atoms with E-state index in [0.717, 1.165) is 0 Å². The third-order valence-corrected chi connectivity index (χ3v) is 5.73. The summed E-state index contributed by atoms with van der Waals surface area (Å²) in [5.41, 5.74) is 0.382. The maximum atomic E-state index is 12.7. The number of piperazine rings is 1. The molecule has 0 spiro atoms. The zero-order chi connectivity index (χ0) is 15.9. The molecule has 0 unspecified atom stereocenters. The lowest BCUT2D eigenvalue weighted by Crippen LogP contribution is -2.49. The van der Waals surface area contributed by atoms with Gasteiger partial charge in [0, 0.05) is 33.1 Å². The van der Waals surface area contributed by atoms with Crippen molar-refractivity contribution in [3.05, 3.63) is 17.3 Å². The molecular formula is C12H17N5O4S. The number of aryl methyl sites for hydroxylation is 3. The Hall–Kier alpha value is -1.94. The van der Waals surface area contributed by atoms with Gasteiger partial charge in [0.1, 0.15) is 10.6 Å². The summed E-state index contributed by atoms with van der Waals surface area (Å²) in [7, 11) is -3.60. The molecule has 9 nitrogen and oxygen atoms in total. The molecule has 10 heteroatoms. The zero-order valence-corrected chi connectivity index (χ0v) is 13.4. The van der Waals surface area contributed by atoms with E-state index in [4.69, 9.17) is 8.94 Å². The summed E-state index contributed by atoms with van der Waals surface area (Å²) < 4.78 is 37.1. The first-order valence-electron chi connectivity index (χ1n) is 6.87. The molecule has 22 heavy (non-hydrogen) atoms. The highest BCUT2D eigenvalue weighted by Gasteiger charge is 2.34. The number of nitrogens with zero attached hydrogens (tertiary/aromatic N) is 5. The summed E-state index contributed by atoms with van der Waals surface area (Å²) >= 11 is 0. The monoisotopic (exact) mass is 327 g/mol. The SMILES string of the molecule is Cc1nnc(N2CCN(S(=O)(=O)c3c(C)noc3C)CC2)o1. The molecule has 0 saturated carbocycles. The van der Waals surface area contributed by atoms with Gasteiger partial charge < -0.3 is 13.8 Å². The molecule has 120 valence electrons. The molecule has 0 aliphatic carbocycles. The van der Waals surface area contributed by atoms with Crippen LogP contribution in [0, 0.1) is 20.8 Å². The van der Waals surface area contributed by atoms with Gasteiger partial charge in [-0.05, 0) is 13.8 Å². The first-order valence-corrected chi connectivity index (χ1v) is 8.31. The lowest BCUT2D eigenvalue weighted by molar-refractivity contribution is 0.367. The van der Waals surface area contributed by atoms with Crippen molar-refractivity contribution in [1.29, 1.82) is 0 Å². The van der Waals surface area contributed by atoms with Gasteiger partial charge in [-0.3, -0.25) is 0 Å². The van der Waals surface area contributed by atoms with E-state index in [-0.39, 0.29) is 4.90 Å². The van der Waals surface area contributed by atoms with Crippen LogP contribution in [0.25, 0.3) is 0 Å². The number of aromatic nitrogens is 3. The maximum absolute atomic E-state index is 12.7. The van der Waals surface area contributed by atoms with Crippen LogP contribution in [0.3, 0.4) is 0 Å². The third kappa shape index (κ3) is 2.48. The predicted molar refractivity (Wildman–Crippen MR) is 76.0 cm³/mol. The fraction of sp³-hybridized carbons (Fsp3) is 0.583. The van der Waals surface area contributed by atoms with Crippen LogP contribution in [-0.4, -0.2) is 54.3 Å². The molecule has 3 heterocycles. The van der Waals surface area contributed by atoms with Crippen molar-refractivity contribution in [2.75, 3.05) is 31.1 Å². The number of sulfonamides is 1. The van der Waals surface area contributed by atoms with Crippen LogP contribution in [0.15, 0.2) is 13.8 Å². The van der Waals surface area contributed by atoms with Gasteiger partial charge in [0.25, 0.3) is 0 Å². The van der Waals surface area contributed by atoms with Crippen molar-refractivity contribution in [3.63, 3.8) is 0 Å². The minimum absolute atomic E-state index is 0.162. The van der Waals surface area contributed by atoms with Crippen molar-refractivity contribution >= 4 is 16.0 Å². The first kappa shape index (κ1) is 15.0. The van der Waals surface area contributed by atoms with Gasteiger partial charge >= 0.3 is 6.01 Å². The van der Waals surface area contributed by atoms with Gasteiger partial charge in [0.15, 0.2) is 5.76 Å². The minimum atomic E-state index is -3.60. The van der Waals surface area contributed by atoms with Gasteiger partial charge in [-0.25, -0.2) is 8.42 Å². The van der Waals surface area contributed by atoms with E-state index < -0.39 is 10.0 Å². The molecule has 0 N–H and O–H groups in total. The molecule has 0 amide bonds. The predicted octanol–water partition coefficient (Wildman–Crippen LogP) is 0.494. The molecule has 0 bridgehead atoms. The standard InChI is InChI=1S/C12H17N5O4S/c1-8-11(9(2)21-15-8)22(18,19)17-6-4-16(5-7-17)12-14-13-10(3)20-12/h4-7H2,1-3H3. The Morgan fingerprint density at radius 1 is 1.05 bits per heavy atom. The zero-order valence-electron chi connectivity index (χ0n) is 12.6. The summed E-state index contributed by atoms with van der Waals surface area (Å²) in [5.74, 6) is 0.799. The van der Waals surface area contributed by atoms with E-state index in [2.05, 4.69) is 15.4 Å². The Morgan fingerprint density at radius 3 is 2.23 bits per heavy atom. The Kier molecular flexibility index (Phi) is 3.65. The highest BCUT2D eigenvalue weighted by molar-refractivity contribution is 7.89. The van der Waals surface area contributed by atoms with E-state index in [0.29, 0.717) is 49.5 Å². The second kappa shape index (κ2) is 5.36. The van der Waals surface area contributed by atoms with Crippen molar-refractivity contribution in [3.8, 4) is 0 Å². The molecule has 3 rings (SSSR count). The van der Waals surface area contributed by atoms with E-state index in [9.17, 15) is 8.42 Å². The van der Waals surface area contributed by atoms with Gasteiger partial charge in [-0.1, -0.05) is 10.3 Å². The molecule has 1 aliphatic heterocycles. The summed E-state index contributed by atoms with van der Waals surface area (Å²) in [6.07, 6.45) is 0. The fourth-order valence-electron chi connectivity index (χ4n) is 2.51. The number of rotatable bonds is 3. The van der Waals surface area contributed by atoms with E-state index in [1.807, 2.05) is 4.90 Å². The summed E-state index contributed by atoms with van der Waals surface area (Å²) in [6, 6.07) is 0.423. The molecule has 0 atom stereocenters. The van der Waals surface area contributed by atoms with Gasteiger partial charge in [-0.2, -0.15) is 4.31 Å². The van der Waals surface area contributed by atoms with Gasteiger partial charge in [0.05, 0.1) is 0 Å². The molecule has 2 aromatic heterocycles. The van der Waals surface area contributed by atoms with Crippen LogP contribution in [0.5, 0.6) is 0 Å². The molecule has 1 saturated heterocycles. The van der Waals surface area contributed by atoms with Crippen molar-refractivity contribution in [1.82, 2.24) is 19.7 Å². The Balaban J connectivity index is 1.76. The Morgan fingerprint density at radius 2 is 1.73 bits per heavy atom. The Labute approximate surface area is 127 Å². The van der Waals surface area contributed by atoms with Crippen molar-refractivity contribution in [2.45, 2.75) is 25.7 Å². The van der Waals surface area contributed by atoms with Crippen LogP contribution in [0.1, 0.15) is 17.3 Å². The van der Waals surface area contributed by atoms with E-state index in [1.54, 1.807) is 20.8 Å². The van der Waals surface area contributed by atoms with Crippen LogP contribution < -0.4 is 4.90 Å². The van der Waals surface area contributed by atoms with E-state index in [1.165, 1.54) is 4.31 Å². The second-order valence-corrected chi connectivity index (χ2v) is 7.02. The summed E-state index contributed by atoms with van der Waals surface area (Å²) in [5, 5.41) is 11.5. The third-order valence-electron chi connectivity index (χ3n) is 3.59. The molecule has 1 fully saturated rings. The van der Waals surface area contributed by atoms with Crippen molar-refractivity contribution < 1.29 is 17.4 Å². The average Bonchev–Trinajstić information content (AvgIpc) is 3.05. The largest absolute Gasteiger partial charge is 0.408 e. The topological polar surface area (TPSA) is 106 Å². The molecular weight excluding hydrogens is 310 g/mol. The highest BCUT2D eigenvalue weighted by Crippen LogP contribution is 2.25. The normalized spacial score (nSPS) is 17.1. The minimum Gasteiger partial charge on any atom is -0.408 e. The number of hydrogen-bond donors (Lipinski definition) is 0. The molecule has 1 aliphatic rings. The van der Waals surface area contributed by atoms with Gasteiger partial charge in [-0.15, -0.1) is 5.10 Å². The summed E-state index contributed by atoms with van der Waals surface area (Å²) in [4.78, 5) is 2.04. The Bertz CT molecular complexity index is 754. The summed E-state index contributed by atoms with van der Waals surface area (Å²) in [6.45, 7) is 6.61. The van der Waals surface area contributed by atoms with Crippen LogP contribution >= 0.6 is 0 Å². The smallest absolute Gasteiger partial charge is 0.318 e. The number of anilines is 1. The average molecular weight is 327 g/mol. The van der Waals surface area contributed by atoms with E-state index >= 15 is 0 Å². The van der Waals surface area contributed by atoms with Crippen LogP contribution in [-0.2, 0) is 10.0 Å². The highest BCUT2D eigenvalue weighted by atomic mass is 32.2. The fourth-order valence-corrected chi connectivity index (χ4v) is 4.22. The lowest BCUT2D eigenvalue weighted by atomic mass is 10.4. The lowest BCUT2D eigenvalue weighted by Gasteiger charge is -2.32. The molecule has 0 aromatic carbocycles. The van der Waals surface area contributed by atoms with Crippen LogP contribution in [0.4, 0.5) is 6.01 Å². The van der Waals surface area contributed by atoms with Crippen molar-refractivity contribution in [2.24, 2.45) is 0 Å². The maximum Gasteiger partial charge on any atom is 0.318 e. The first-order chi connectivity index (χ1) is 10.4. The van der Waals surface area contributed by atoms with Gasteiger partial charge in [0.2, 0.25) is 15.9 Å². The van der Waals surface area contributed by atoms with Crippen LogP contribution in [0.2, 0.25) is 0 Å². The molecule has 0 radical (unpaired) electrons.